The summed E-state index contributed by atoms with van der Waals surface area (Å²) in [5.41, 5.74) is 15.0. The van der Waals surface area contributed by atoms with E-state index in [2.05, 4.69) is 210 Å². The molecule has 0 saturated heterocycles. The zero-order valence-electron chi connectivity index (χ0n) is 41.1. The zero-order chi connectivity index (χ0) is 46.3. The Morgan fingerprint density at radius 2 is 1.34 bits per heavy atom. The normalized spacial score (nSPS) is 13.8. The Hall–Kier alpha value is -6.40. The third kappa shape index (κ3) is 9.92. The fourth-order valence-electron chi connectivity index (χ4n) is 8.65. The zero-order valence-corrected chi connectivity index (χ0v) is 43.5. The van der Waals surface area contributed by atoms with Crippen LogP contribution in [0.4, 0.5) is 0 Å². The van der Waals surface area contributed by atoms with Gasteiger partial charge in [-0.15, -0.1) is 18.2 Å². The van der Waals surface area contributed by atoms with Crippen LogP contribution in [0.15, 0.2) is 162 Å². The van der Waals surface area contributed by atoms with E-state index in [-0.39, 0.29) is 56.2 Å². The molecule has 68 heavy (non-hydrogen) atoms. The van der Waals surface area contributed by atoms with Crippen molar-refractivity contribution in [3.63, 3.8) is 0 Å². The molecule has 4 heterocycles. The average molecular weight is 1070 g/mol. The van der Waals surface area contributed by atoms with Gasteiger partial charge in [0.15, 0.2) is 0 Å². The van der Waals surface area contributed by atoms with E-state index in [0.717, 1.165) is 66.9 Å². The van der Waals surface area contributed by atoms with Crippen LogP contribution >= 0.6 is 0 Å². The molecule has 0 amide bonds. The molecule has 9 aromatic rings. The van der Waals surface area contributed by atoms with Gasteiger partial charge in [0.25, 0.3) is 0 Å². The Bertz CT molecular complexity index is 3210. The molecule has 0 fully saturated rings. The number of nitrogens with zero attached hydrogens (tertiary/aromatic N) is 5. The van der Waals surface area contributed by atoms with Gasteiger partial charge >= 0.3 is 0 Å². The molecule has 6 aromatic carbocycles. The molecule has 3 aromatic heterocycles. The number of furan rings is 1. The third-order valence-electron chi connectivity index (χ3n) is 12.4. The number of hydrogen-bond acceptors (Lipinski definition) is 4. The van der Waals surface area contributed by atoms with Crippen LogP contribution in [0.5, 0.6) is 0 Å². The number of aromatic nitrogens is 4. The maximum atomic E-state index is 6.77. The average Bonchev–Trinajstić information content (AvgIpc) is 3.90. The SMILES string of the molecule is CC(C)(C)C1=C[N-]C(c2[c-]cccc2)C=C1.CC(C)c1cc(-c2ccccc2)cc(C(C)C)c1-n1c(-c2[c-]ccc3c2oc2cc(-c4cnc(C(C)(C)C)nc4)ccc23)nc2ccccc21.[CH3-].[Ir]. The van der Waals surface area contributed by atoms with Gasteiger partial charge in [0, 0.05) is 54.6 Å². The van der Waals surface area contributed by atoms with Gasteiger partial charge in [-0.3, -0.25) is 4.98 Å². The molecule has 10 rings (SSSR count). The molecule has 0 bridgehead atoms. The topological polar surface area (TPSA) is 70.8 Å². The van der Waals surface area contributed by atoms with Crippen LogP contribution in [0.2, 0.25) is 0 Å². The molecule has 0 N–H and O–H groups in total. The van der Waals surface area contributed by atoms with Crippen molar-refractivity contribution in [2.45, 2.75) is 92.5 Å². The Morgan fingerprint density at radius 1 is 0.662 bits per heavy atom. The third-order valence-corrected chi connectivity index (χ3v) is 12.4. The summed E-state index contributed by atoms with van der Waals surface area (Å²) in [6, 6.07) is 49.2. The van der Waals surface area contributed by atoms with Crippen molar-refractivity contribution in [3.05, 3.63) is 205 Å². The number of para-hydroxylation sites is 2. The molecule has 7 heteroatoms. The summed E-state index contributed by atoms with van der Waals surface area (Å²) in [5.74, 6) is 2.18. The summed E-state index contributed by atoms with van der Waals surface area (Å²) in [6.45, 7) is 22.1. The smallest absolute Gasteiger partial charge is 0.133 e. The number of fused-ring (bicyclic) bond motifs is 4. The van der Waals surface area contributed by atoms with E-state index < -0.39 is 0 Å². The maximum Gasteiger partial charge on any atom is 0.133 e. The molecule has 0 aliphatic carbocycles. The number of allylic oxidation sites excluding steroid dienone is 2. The minimum absolute atomic E-state index is 0. The van der Waals surface area contributed by atoms with Crippen molar-refractivity contribution in [3.8, 4) is 39.3 Å². The van der Waals surface area contributed by atoms with E-state index in [1.54, 1.807) is 0 Å². The number of benzene rings is 6. The summed E-state index contributed by atoms with van der Waals surface area (Å²) in [4.78, 5) is 14.6. The van der Waals surface area contributed by atoms with Crippen LogP contribution in [0.25, 0.3) is 77.6 Å². The molecule has 349 valence electrons. The van der Waals surface area contributed by atoms with E-state index in [1.807, 2.05) is 42.9 Å². The standard InChI is InChI=1S/C45H41N4O.C15H17N.CH3.Ir/c1-27(2)36-22-31(29-14-9-8-10-15-29)23-37(28(3)4)41(36)49-39-19-12-11-18-38(39)48-43(49)35-17-13-16-34-33-21-20-30(24-40(33)50-42(34)35)32-25-46-44(47-26-32)45(5,6)7;1-15(2,3)13-9-10-14(16-11-13)12-7-5-4-6-8-12;;/h8-16,18-28H,1-7H3;4-7,9-11,14H,1-3H3;1H3;/q-1;-2;-1;. The van der Waals surface area contributed by atoms with E-state index >= 15 is 0 Å². The first kappa shape index (κ1) is 49.5. The second-order valence-electron chi connectivity index (χ2n) is 20.0. The van der Waals surface area contributed by atoms with Gasteiger partial charge in [-0.1, -0.05) is 159 Å². The van der Waals surface area contributed by atoms with Crippen LogP contribution in [-0.4, -0.2) is 19.5 Å². The first-order chi connectivity index (χ1) is 31.7. The molecular weight excluding hydrogens is 1010 g/mol. The van der Waals surface area contributed by atoms with E-state index in [0.29, 0.717) is 0 Å². The number of hydrogen-bond donors (Lipinski definition) is 0. The Kier molecular flexibility index (Phi) is 14.6. The summed E-state index contributed by atoms with van der Waals surface area (Å²) in [5, 5.41) is 6.65. The second kappa shape index (κ2) is 20.1. The molecule has 1 aliphatic rings. The van der Waals surface area contributed by atoms with Gasteiger partial charge in [-0.25, -0.2) is 9.97 Å². The maximum absolute atomic E-state index is 6.77. The van der Waals surface area contributed by atoms with E-state index in [1.165, 1.54) is 33.5 Å². The molecule has 0 spiro atoms. The minimum atomic E-state index is -0.111. The predicted octanol–water partition coefficient (Wildman–Crippen LogP) is 16.9. The van der Waals surface area contributed by atoms with Gasteiger partial charge in [0.05, 0.1) is 22.4 Å². The largest absolute Gasteiger partial charge is 0.683 e. The van der Waals surface area contributed by atoms with Crippen molar-refractivity contribution < 1.29 is 24.5 Å². The summed E-state index contributed by atoms with van der Waals surface area (Å²) >= 11 is 0. The number of rotatable bonds is 7. The minimum Gasteiger partial charge on any atom is -0.683 e. The van der Waals surface area contributed by atoms with Crippen molar-refractivity contribution in [2.24, 2.45) is 5.41 Å². The van der Waals surface area contributed by atoms with Crippen LogP contribution in [0.1, 0.15) is 110 Å². The first-order valence-corrected chi connectivity index (χ1v) is 23.1. The van der Waals surface area contributed by atoms with Crippen LogP contribution in [0.3, 0.4) is 0 Å². The van der Waals surface area contributed by atoms with E-state index in [4.69, 9.17) is 9.40 Å². The van der Waals surface area contributed by atoms with Crippen LogP contribution in [0, 0.1) is 25.0 Å². The van der Waals surface area contributed by atoms with Gasteiger partial charge in [-0.2, -0.15) is 42.1 Å². The summed E-state index contributed by atoms with van der Waals surface area (Å²) < 4.78 is 9.13. The van der Waals surface area contributed by atoms with Gasteiger partial charge < -0.3 is 21.7 Å². The van der Waals surface area contributed by atoms with Crippen LogP contribution < -0.4 is 0 Å². The molecular formula is C61H61IrN5O-4. The van der Waals surface area contributed by atoms with Crippen molar-refractivity contribution in [1.82, 2.24) is 19.5 Å². The molecule has 0 saturated carbocycles. The summed E-state index contributed by atoms with van der Waals surface area (Å²) in [7, 11) is 0. The van der Waals surface area contributed by atoms with Crippen LogP contribution in [-0.2, 0) is 25.5 Å². The Labute approximate surface area is 417 Å². The van der Waals surface area contributed by atoms with Gasteiger partial charge in [0.1, 0.15) is 11.4 Å². The fraction of sp³-hybridized carbons (Fsp3) is 0.246. The molecule has 6 nitrogen and oxygen atoms in total. The predicted molar refractivity (Wildman–Crippen MR) is 280 cm³/mol. The van der Waals surface area contributed by atoms with E-state index in [9.17, 15) is 0 Å². The molecule has 1 unspecified atom stereocenters. The number of imidazole rings is 1. The molecule has 1 aliphatic heterocycles. The molecule has 1 atom stereocenters. The fourth-order valence-corrected chi connectivity index (χ4v) is 8.65. The summed E-state index contributed by atoms with van der Waals surface area (Å²) in [6.07, 6.45) is 10.1. The van der Waals surface area contributed by atoms with Crippen molar-refractivity contribution >= 4 is 33.0 Å². The Morgan fingerprint density at radius 3 is 1.96 bits per heavy atom. The molecule has 1 radical (unpaired) electrons. The van der Waals surface area contributed by atoms with Crippen molar-refractivity contribution in [1.29, 1.82) is 0 Å². The van der Waals surface area contributed by atoms with Crippen molar-refractivity contribution in [2.75, 3.05) is 0 Å². The first-order valence-electron chi connectivity index (χ1n) is 23.1. The second-order valence-corrected chi connectivity index (χ2v) is 20.0. The quantitative estimate of drug-likeness (QED) is 0.149. The van der Waals surface area contributed by atoms with Gasteiger partial charge in [0.2, 0.25) is 0 Å². The Balaban J connectivity index is 0.000000323. The van der Waals surface area contributed by atoms with Gasteiger partial charge in [-0.05, 0) is 75.4 Å². The monoisotopic (exact) mass is 1070 g/mol.